The molecule has 0 saturated carbocycles. The van der Waals surface area contributed by atoms with E-state index in [1.54, 1.807) is 18.6 Å². The second-order valence-electron chi connectivity index (χ2n) is 7.30. The molecular weight excluding hydrogens is 374 g/mol. The number of nitrogens with zero attached hydrogens (tertiary/aromatic N) is 2. The minimum absolute atomic E-state index is 0.274. The van der Waals surface area contributed by atoms with Gasteiger partial charge in [-0.1, -0.05) is 54.6 Å². The van der Waals surface area contributed by atoms with Crippen LogP contribution >= 0.6 is 0 Å². The first kappa shape index (κ1) is 19.7. The minimum atomic E-state index is -0.639. The molecule has 0 saturated heterocycles. The van der Waals surface area contributed by atoms with E-state index < -0.39 is 5.54 Å². The van der Waals surface area contributed by atoms with Gasteiger partial charge in [0.2, 0.25) is 0 Å². The molecule has 1 amide bonds. The van der Waals surface area contributed by atoms with Crippen molar-refractivity contribution in [3.05, 3.63) is 113 Å². The highest BCUT2D eigenvalue weighted by Crippen LogP contribution is 2.37. The summed E-state index contributed by atoms with van der Waals surface area (Å²) in [7, 11) is 0. The Morgan fingerprint density at radius 3 is 2.53 bits per heavy atom. The van der Waals surface area contributed by atoms with Crippen molar-refractivity contribution in [1.29, 1.82) is 0 Å². The van der Waals surface area contributed by atoms with E-state index in [1.807, 2.05) is 79.7 Å². The predicted octanol–water partition coefficient (Wildman–Crippen LogP) is 4.33. The third kappa shape index (κ3) is 4.21. The number of aromatic nitrogens is 1. The highest BCUT2D eigenvalue weighted by atomic mass is 16.6. The van der Waals surface area contributed by atoms with Crippen molar-refractivity contribution >= 4 is 12.1 Å². The molecule has 1 aliphatic rings. The Labute approximate surface area is 176 Å². The van der Waals surface area contributed by atoms with Gasteiger partial charge in [0.25, 0.3) is 5.91 Å². The smallest absolute Gasteiger partial charge is 0.275 e. The number of allylic oxidation sites excluding steroid dienone is 1. The number of carbonyl (C=O) groups is 1. The van der Waals surface area contributed by atoms with Gasteiger partial charge in [-0.2, -0.15) is 0 Å². The lowest BCUT2D eigenvalue weighted by molar-refractivity contribution is 0.0231. The average Bonchev–Trinajstić information content (AvgIpc) is 3.24. The summed E-state index contributed by atoms with van der Waals surface area (Å²) in [6.45, 7) is 2.23. The van der Waals surface area contributed by atoms with Crippen molar-refractivity contribution in [2.75, 3.05) is 0 Å². The molecule has 2 heterocycles. The molecule has 4 rings (SSSR count). The molecule has 30 heavy (non-hydrogen) atoms. The van der Waals surface area contributed by atoms with Crippen LogP contribution in [0.25, 0.3) is 0 Å². The second-order valence-corrected chi connectivity index (χ2v) is 7.30. The fraction of sp³-hybridized carbons (Fsp3) is 0.160. The van der Waals surface area contributed by atoms with Crippen LogP contribution in [0.1, 0.15) is 32.6 Å². The van der Waals surface area contributed by atoms with Crippen LogP contribution in [0.15, 0.2) is 90.2 Å². The van der Waals surface area contributed by atoms with E-state index in [0.29, 0.717) is 18.6 Å². The molecule has 0 radical (unpaired) electrons. The molecule has 1 aromatic heterocycles. The van der Waals surface area contributed by atoms with E-state index in [0.717, 1.165) is 22.3 Å². The van der Waals surface area contributed by atoms with E-state index >= 15 is 0 Å². The van der Waals surface area contributed by atoms with E-state index in [-0.39, 0.29) is 5.91 Å². The number of hydrogen-bond acceptors (Lipinski definition) is 4. The number of hydroxylamine groups is 1. The summed E-state index contributed by atoms with van der Waals surface area (Å²) in [5, 5.41) is 0. The summed E-state index contributed by atoms with van der Waals surface area (Å²) in [5.74, 6) is -0.274. The number of hydrogen-bond donors (Lipinski definition) is 1. The fourth-order valence-corrected chi connectivity index (χ4v) is 3.73. The lowest BCUT2D eigenvalue weighted by Crippen LogP contribution is -2.31. The summed E-state index contributed by atoms with van der Waals surface area (Å²) >= 11 is 0. The lowest BCUT2D eigenvalue weighted by atomic mass is 9.81. The standard InChI is InChI=1S/C25H23N3O2/c1-19-7-5-10-22(23(19)24(29)28-30-18-21-8-3-2-4-9-21)25(13-6-14-27-25)17-20-11-15-26-16-12-20/h2-16H,17-18H2,1H3,(H,28,29). The molecule has 0 spiro atoms. The molecule has 0 bridgehead atoms. The van der Waals surface area contributed by atoms with Gasteiger partial charge in [-0.15, -0.1) is 0 Å². The number of amides is 1. The Morgan fingerprint density at radius 2 is 1.80 bits per heavy atom. The number of pyridine rings is 1. The molecule has 1 unspecified atom stereocenters. The minimum Gasteiger partial charge on any atom is -0.277 e. The summed E-state index contributed by atoms with van der Waals surface area (Å²) in [6, 6.07) is 19.5. The van der Waals surface area contributed by atoms with Gasteiger partial charge in [0.05, 0.1) is 12.2 Å². The van der Waals surface area contributed by atoms with Gasteiger partial charge in [-0.25, -0.2) is 5.48 Å². The summed E-state index contributed by atoms with van der Waals surface area (Å²) in [5.41, 5.74) is 6.37. The number of aliphatic imine (C=N–C) groups is 1. The van der Waals surface area contributed by atoms with Crippen LogP contribution in [0.3, 0.4) is 0 Å². The van der Waals surface area contributed by atoms with Crippen LogP contribution < -0.4 is 5.48 Å². The van der Waals surface area contributed by atoms with Crippen LogP contribution in [0.2, 0.25) is 0 Å². The third-order valence-electron chi connectivity index (χ3n) is 5.20. The second kappa shape index (κ2) is 8.84. The number of nitrogens with one attached hydrogen (secondary N) is 1. The molecule has 0 aliphatic carbocycles. The van der Waals surface area contributed by atoms with Crippen LogP contribution in [0.4, 0.5) is 0 Å². The fourth-order valence-electron chi connectivity index (χ4n) is 3.73. The molecule has 0 fully saturated rings. The topological polar surface area (TPSA) is 63.6 Å². The van der Waals surface area contributed by atoms with Crippen LogP contribution in [0.5, 0.6) is 0 Å². The zero-order valence-electron chi connectivity index (χ0n) is 16.8. The zero-order chi connectivity index (χ0) is 20.8. The summed E-state index contributed by atoms with van der Waals surface area (Å²) in [4.78, 5) is 27.5. The van der Waals surface area contributed by atoms with Crippen molar-refractivity contribution in [2.24, 2.45) is 4.99 Å². The Bertz CT molecular complexity index is 1060. The van der Waals surface area contributed by atoms with E-state index in [2.05, 4.69) is 10.5 Å². The monoisotopic (exact) mass is 397 g/mol. The Balaban J connectivity index is 1.61. The Kier molecular flexibility index (Phi) is 5.82. The molecule has 5 heteroatoms. The van der Waals surface area contributed by atoms with Gasteiger partial charge in [-0.05, 0) is 47.4 Å². The third-order valence-corrected chi connectivity index (χ3v) is 5.20. The highest BCUT2D eigenvalue weighted by molar-refractivity contribution is 5.97. The molecule has 1 aliphatic heterocycles. The molecule has 1 N–H and O–H groups in total. The van der Waals surface area contributed by atoms with E-state index in [4.69, 9.17) is 9.83 Å². The normalized spacial score (nSPS) is 17.2. The molecule has 2 aromatic carbocycles. The van der Waals surface area contributed by atoms with Crippen LogP contribution in [-0.4, -0.2) is 17.1 Å². The number of carbonyl (C=O) groups excluding carboxylic acids is 1. The summed E-state index contributed by atoms with van der Waals surface area (Å²) < 4.78 is 0. The van der Waals surface area contributed by atoms with Gasteiger partial charge in [0.1, 0.15) is 5.54 Å². The van der Waals surface area contributed by atoms with Crippen molar-refractivity contribution in [1.82, 2.24) is 10.5 Å². The number of rotatable bonds is 7. The van der Waals surface area contributed by atoms with Gasteiger partial charge in [0.15, 0.2) is 0 Å². The quantitative estimate of drug-likeness (QED) is 0.604. The molecular formula is C25H23N3O2. The van der Waals surface area contributed by atoms with Gasteiger partial charge >= 0.3 is 0 Å². The first-order chi connectivity index (χ1) is 14.7. The Hall–Kier alpha value is -3.57. The molecule has 5 nitrogen and oxygen atoms in total. The maximum atomic E-state index is 13.1. The van der Waals surface area contributed by atoms with Crippen LogP contribution in [-0.2, 0) is 23.4 Å². The van der Waals surface area contributed by atoms with Crippen molar-refractivity contribution in [3.8, 4) is 0 Å². The van der Waals surface area contributed by atoms with E-state index in [1.165, 1.54) is 0 Å². The average molecular weight is 397 g/mol. The SMILES string of the molecule is Cc1cccc(C2(Cc3ccncc3)C=CC=N2)c1C(=O)NOCc1ccccc1. The molecule has 1 atom stereocenters. The number of aryl methyl sites for hydroxylation is 1. The van der Waals surface area contributed by atoms with Crippen LogP contribution in [0, 0.1) is 6.92 Å². The zero-order valence-corrected chi connectivity index (χ0v) is 16.8. The van der Waals surface area contributed by atoms with Gasteiger partial charge in [-0.3, -0.25) is 19.6 Å². The maximum Gasteiger partial charge on any atom is 0.275 e. The molecule has 3 aromatic rings. The maximum absolute atomic E-state index is 13.1. The van der Waals surface area contributed by atoms with E-state index in [9.17, 15) is 4.79 Å². The van der Waals surface area contributed by atoms with Crippen molar-refractivity contribution < 1.29 is 9.63 Å². The first-order valence-corrected chi connectivity index (χ1v) is 9.86. The Morgan fingerprint density at radius 1 is 1.00 bits per heavy atom. The van der Waals surface area contributed by atoms with Crippen molar-refractivity contribution in [2.45, 2.75) is 25.5 Å². The van der Waals surface area contributed by atoms with Crippen molar-refractivity contribution in [3.63, 3.8) is 0 Å². The van der Waals surface area contributed by atoms with Gasteiger partial charge in [0, 0.05) is 25.0 Å². The summed E-state index contributed by atoms with van der Waals surface area (Å²) in [6.07, 6.45) is 9.94. The first-order valence-electron chi connectivity index (χ1n) is 9.86. The predicted molar refractivity (Wildman–Crippen MR) is 117 cm³/mol. The highest BCUT2D eigenvalue weighted by Gasteiger charge is 2.35. The number of benzene rings is 2. The van der Waals surface area contributed by atoms with Gasteiger partial charge < -0.3 is 0 Å². The molecule has 150 valence electrons. The largest absolute Gasteiger partial charge is 0.277 e. The lowest BCUT2D eigenvalue weighted by Gasteiger charge is -2.28.